The molecule has 0 aromatic rings. The Morgan fingerprint density at radius 1 is 0.492 bits per heavy atom. The zero-order valence-corrected chi connectivity index (χ0v) is 43.9. The molecule has 0 aliphatic heterocycles. The molecule has 0 aliphatic rings. The van der Waals surface area contributed by atoms with Gasteiger partial charge in [0.25, 0.3) is 0 Å². The lowest BCUT2D eigenvalue weighted by atomic mass is 10.0. The Bertz CT molecular complexity index is 1270. The van der Waals surface area contributed by atoms with Gasteiger partial charge >= 0.3 is 13.8 Å². The fraction of sp³-hybridized carbons (Fsp3) is 0.768. The number of carbonyl (C=O) groups is 1. The van der Waals surface area contributed by atoms with Gasteiger partial charge in [0.15, 0.2) is 0 Å². The van der Waals surface area contributed by atoms with Crippen molar-refractivity contribution in [2.45, 2.75) is 225 Å². The fourth-order valence-corrected chi connectivity index (χ4v) is 7.90. The maximum absolute atomic E-state index is 12.8. The van der Waals surface area contributed by atoms with Crippen LogP contribution in [0.1, 0.15) is 219 Å². The van der Waals surface area contributed by atoms with Crippen LogP contribution in [0.25, 0.3) is 0 Å². The molecule has 9 heteroatoms. The molecule has 1 N–H and O–H groups in total. The van der Waals surface area contributed by atoms with E-state index in [4.69, 9.17) is 18.5 Å². The van der Waals surface area contributed by atoms with Gasteiger partial charge in [-0.25, -0.2) is 4.57 Å². The maximum atomic E-state index is 12.8. The average molecular weight is 933 g/mol. The predicted molar refractivity (Wildman–Crippen MR) is 279 cm³/mol. The molecule has 0 saturated carbocycles. The van der Waals surface area contributed by atoms with Crippen LogP contribution < -0.4 is 0 Å². The van der Waals surface area contributed by atoms with Crippen molar-refractivity contribution in [1.29, 1.82) is 0 Å². The predicted octanol–water partition coefficient (Wildman–Crippen LogP) is 16.6. The summed E-state index contributed by atoms with van der Waals surface area (Å²) in [7, 11) is 1.64. The Labute approximate surface area is 402 Å². The van der Waals surface area contributed by atoms with Gasteiger partial charge in [-0.2, -0.15) is 0 Å². The topological polar surface area (TPSA) is 91.3 Å². The first kappa shape index (κ1) is 62.9. The van der Waals surface area contributed by atoms with E-state index in [2.05, 4.69) is 86.8 Å². The van der Waals surface area contributed by atoms with Gasteiger partial charge in [-0.15, -0.1) is 0 Å². The highest BCUT2D eigenvalue weighted by Crippen LogP contribution is 2.43. The van der Waals surface area contributed by atoms with Gasteiger partial charge in [0.2, 0.25) is 0 Å². The minimum absolute atomic E-state index is 0.0802. The molecule has 0 aliphatic carbocycles. The lowest BCUT2D eigenvalue weighted by Crippen LogP contribution is -2.37. The summed E-state index contributed by atoms with van der Waals surface area (Å²) in [6.07, 6.45) is 63.8. The molecule has 65 heavy (non-hydrogen) atoms. The second-order valence-corrected chi connectivity index (χ2v) is 20.3. The summed E-state index contributed by atoms with van der Waals surface area (Å²) in [6.45, 7) is 5.46. The number of allylic oxidation sites excluding steroid dienone is 12. The molecule has 2 unspecified atom stereocenters. The molecule has 0 heterocycles. The number of nitrogens with zero attached hydrogens (tertiary/aromatic N) is 1. The SMILES string of the molecule is CC/C=C\C/C=C\C/C=C\C/C=C\C/C=C\CCCCCCOCC(COP(=O)(O)OCC[N+](C)(C)C)OC(=O)CCCCCCCCCCCCC/C=C\CCCCCCCCCC. The van der Waals surface area contributed by atoms with Gasteiger partial charge < -0.3 is 18.9 Å². The van der Waals surface area contributed by atoms with Crippen LogP contribution in [0.5, 0.6) is 0 Å². The largest absolute Gasteiger partial charge is 0.472 e. The molecule has 8 nitrogen and oxygen atoms in total. The van der Waals surface area contributed by atoms with Crippen molar-refractivity contribution in [3.8, 4) is 0 Å². The Kier molecular flexibility index (Phi) is 46.9. The zero-order valence-electron chi connectivity index (χ0n) is 43.0. The molecular formula is C56H103NO7P+. The lowest BCUT2D eigenvalue weighted by molar-refractivity contribution is -0.870. The first-order chi connectivity index (χ1) is 31.6. The summed E-state index contributed by atoms with van der Waals surface area (Å²) in [5.41, 5.74) is 0. The molecule has 0 rings (SSSR count). The number of esters is 1. The van der Waals surface area contributed by atoms with Crippen molar-refractivity contribution < 1.29 is 37.3 Å². The number of phosphoric acid groups is 1. The molecule has 378 valence electrons. The van der Waals surface area contributed by atoms with Gasteiger partial charge in [0.1, 0.15) is 19.3 Å². The Balaban J connectivity index is 4.17. The number of phosphoric ester groups is 1. The molecule has 0 spiro atoms. The molecular weight excluding hydrogens is 830 g/mol. The molecule has 2 atom stereocenters. The third-order valence-corrected chi connectivity index (χ3v) is 12.2. The second-order valence-electron chi connectivity index (χ2n) is 18.9. The van der Waals surface area contributed by atoms with Crippen LogP contribution in [0.2, 0.25) is 0 Å². The zero-order chi connectivity index (χ0) is 47.6. The van der Waals surface area contributed by atoms with Crippen LogP contribution in [0.3, 0.4) is 0 Å². The highest BCUT2D eigenvalue weighted by atomic mass is 31.2. The van der Waals surface area contributed by atoms with Crippen LogP contribution in [0.4, 0.5) is 0 Å². The van der Waals surface area contributed by atoms with Crippen molar-refractivity contribution in [2.24, 2.45) is 0 Å². The summed E-state index contributed by atoms with van der Waals surface area (Å²) in [6, 6.07) is 0. The minimum atomic E-state index is -4.29. The number of ether oxygens (including phenoxy) is 2. The maximum Gasteiger partial charge on any atom is 0.472 e. The Hall–Kier alpha value is -2.06. The van der Waals surface area contributed by atoms with E-state index in [9.17, 15) is 14.3 Å². The van der Waals surface area contributed by atoms with E-state index in [0.29, 0.717) is 24.1 Å². The second kappa shape index (κ2) is 48.4. The minimum Gasteiger partial charge on any atom is -0.457 e. The molecule has 0 radical (unpaired) electrons. The van der Waals surface area contributed by atoms with E-state index in [0.717, 1.165) is 83.5 Å². The normalized spacial score (nSPS) is 14.1. The van der Waals surface area contributed by atoms with E-state index in [-0.39, 0.29) is 25.8 Å². The molecule has 0 aromatic carbocycles. The van der Waals surface area contributed by atoms with E-state index >= 15 is 0 Å². The van der Waals surface area contributed by atoms with Crippen LogP contribution >= 0.6 is 7.82 Å². The summed E-state index contributed by atoms with van der Waals surface area (Å²) >= 11 is 0. The van der Waals surface area contributed by atoms with Crippen molar-refractivity contribution >= 4 is 13.8 Å². The number of unbranched alkanes of at least 4 members (excludes halogenated alkanes) is 23. The number of quaternary nitrogens is 1. The molecule has 0 amide bonds. The number of rotatable bonds is 49. The van der Waals surface area contributed by atoms with E-state index < -0.39 is 13.9 Å². The van der Waals surface area contributed by atoms with Gasteiger partial charge in [-0.3, -0.25) is 13.8 Å². The molecule has 0 bridgehead atoms. The monoisotopic (exact) mass is 933 g/mol. The Morgan fingerprint density at radius 3 is 1.35 bits per heavy atom. The van der Waals surface area contributed by atoms with Gasteiger partial charge in [-0.05, 0) is 83.5 Å². The number of hydrogen-bond donors (Lipinski definition) is 1. The standard InChI is InChI=1S/C56H102NO7P/c1-6-8-10-12-14-16-18-20-22-24-26-28-29-30-31-33-35-37-39-41-43-45-47-49-56(58)64-55(54-63-65(59,60)62-52-50-57(3,4)5)53-61-51-48-46-44-42-40-38-36-34-32-27-25-23-21-19-17-15-13-11-9-7-2/h9,11,15,17,21,23-24,26-27,32,36,38,55H,6-8,10,12-14,16,18-20,22,25,28-31,33-35,37,39-54H2,1-5H3/p+1/b11-9-,17-15-,23-21-,26-24-,32-27-,38-36-. The number of hydrogen-bond acceptors (Lipinski definition) is 6. The third kappa shape index (κ3) is 52.8. The van der Waals surface area contributed by atoms with Crippen LogP contribution in [-0.2, 0) is 27.9 Å². The summed E-state index contributed by atoms with van der Waals surface area (Å²) in [4.78, 5) is 23.0. The van der Waals surface area contributed by atoms with Gasteiger partial charge in [-0.1, -0.05) is 202 Å². The third-order valence-electron chi connectivity index (χ3n) is 11.3. The lowest BCUT2D eigenvalue weighted by Gasteiger charge is -2.24. The van der Waals surface area contributed by atoms with E-state index in [1.165, 1.54) is 116 Å². The van der Waals surface area contributed by atoms with Crippen molar-refractivity contribution in [2.75, 3.05) is 54.1 Å². The smallest absolute Gasteiger partial charge is 0.457 e. The molecule has 0 aromatic heterocycles. The van der Waals surface area contributed by atoms with Crippen LogP contribution in [0, 0.1) is 0 Å². The highest BCUT2D eigenvalue weighted by Gasteiger charge is 2.26. The summed E-state index contributed by atoms with van der Waals surface area (Å²) in [5, 5.41) is 0. The summed E-state index contributed by atoms with van der Waals surface area (Å²) < 4.78 is 35.2. The van der Waals surface area contributed by atoms with E-state index in [1.807, 2.05) is 21.1 Å². The van der Waals surface area contributed by atoms with Crippen molar-refractivity contribution in [3.63, 3.8) is 0 Å². The molecule has 0 fully saturated rings. The number of carbonyl (C=O) groups excluding carboxylic acids is 1. The average Bonchev–Trinajstić information content (AvgIpc) is 3.27. The highest BCUT2D eigenvalue weighted by molar-refractivity contribution is 7.47. The Morgan fingerprint density at radius 2 is 0.892 bits per heavy atom. The van der Waals surface area contributed by atoms with Crippen LogP contribution in [-0.4, -0.2) is 75.6 Å². The summed E-state index contributed by atoms with van der Waals surface area (Å²) in [5.74, 6) is -0.324. The van der Waals surface area contributed by atoms with Crippen LogP contribution in [0.15, 0.2) is 72.9 Å². The van der Waals surface area contributed by atoms with Crippen molar-refractivity contribution in [1.82, 2.24) is 0 Å². The quantitative estimate of drug-likeness (QED) is 0.0214. The first-order valence-electron chi connectivity index (χ1n) is 26.7. The van der Waals surface area contributed by atoms with Gasteiger partial charge in [0.05, 0.1) is 34.4 Å². The molecule has 0 saturated heterocycles. The van der Waals surface area contributed by atoms with Gasteiger partial charge in [0, 0.05) is 13.0 Å². The van der Waals surface area contributed by atoms with Crippen molar-refractivity contribution in [3.05, 3.63) is 72.9 Å². The fourth-order valence-electron chi connectivity index (χ4n) is 7.16. The number of likely N-dealkylation sites (N-methyl/N-ethyl adjacent to an activating group) is 1. The van der Waals surface area contributed by atoms with E-state index in [1.54, 1.807) is 0 Å². The first-order valence-corrected chi connectivity index (χ1v) is 28.2.